The molecule has 1 aliphatic rings. The van der Waals surface area contributed by atoms with E-state index in [1.165, 1.54) is 7.11 Å². The standard InChI is InChI=1S/C12H21N5O2/c1-13-10-14-11(16-12(15-10)19-3)17(2)8-6-4-5-7-9(8)18/h8-9,18H,4-7H2,1-3H3,(H,13,14,15,16). The average molecular weight is 267 g/mol. The molecule has 1 aromatic rings. The van der Waals surface area contributed by atoms with Crippen LogP contribution in [0.15, 0.2) is 0 Å². The fourth-order valence-corrected chi connectivity index (χ4v) is 2.40. The minimum absolute atomic E-state index is 0.0468. The minimum Gasteiger partial charge on any atom is -0.467 e. The van der Waals surface area contributed by atoms with E-state index in [1.807, 2.05) is 11.9 Å². The summed E-state index contributed by atoms with van der Waals surface area (Å²) < 4.78 is 5.07. The normalized spacial score (nSPS) is 22.9. The highest BCUT2D eigenvalue weighted by atomic mass is 16.5. The molecule has 1 saturated carbocycles. The fraction of sp³-hybridized carbons (Fsp3) is 0.750. The number of ether oxygens (including phenoxy) is 1. The van der Waals surface area contributed by atoms with Gasteiger partial charge >= 0.3 is 6.01 Å². The first-order chi connectivity index (χ1) is 9.15. The number of rotatable bonds is 4. The van der Waals surface area contributed by atoms with Crippen molar-refractivity contribution in [2.45, 2.75) is 37.8 Å². The van der Waals surface area contributed by atoms with Crippen LogP contribution in [-0.2, 0) is 0 Å². The van der Waals surface area contributed by atoms with Crippen molar-refractivity contribution >= 4 is 11.9 Å². The van der Waals surface area contributed by atoms with Gasteiger partial charge in [-0.15, -0.1) is 0 Å². The highest BCUT2D eigenvalue weighted by Gasteiger charge is 2.28. The predicted octanol–water partition coefficient (Wildman–Crippen LogP) is 0.662. The van der Waals surface area contributed by atoms with Gasteiger partial charge in [0.2, 0.25) is 11.9 Å². The number of hydrogen-bond donors (Lipinski definition) is 2. The van der Waals surface area contributed by atoms with Crippen molar-refractivity contribution in [2.75, 3.05) is 31.4 Å². The van der Waals surface area contributed by atoms with E-state index in [0.29, 0.717) is 11.9 Å². The zero-order chi connectivity index (χ0) is 13.8. The Morgan fingerprint density at radius 1 is 1.26 bits per heavy atom. The molecule has 106 valence electrons. The minimum atomic E-state index is -0.334. The van der Waals surface area contributed by atoms with Crippen molar-refractivity contribution in [2.24, 2.45) is 0 Å². The van der Waals surface area contributed by atoms with Crippen LogP contribution in [0, 0.1) is 0 Å². The number of nitrogens with one attached hydrogen (secondary N) is 1. The number of aliphatic hydroxyl groups excluding tert-OH is 1. The first-order valence-electron chi connectivity index (χ1n) is 6.54. The van der Waals surface area contributed by atoms with E-state index >= 15 is 0 Å². The topological polar surface area (TPSA) is 83.4 Å². The first-order valence-corrected chi connectivity index (χ1v) is 6.54. The molecule has 0 bridgehead atoms. The van der Waals surface area contributed by atoms with Gasteiger partial charge < -0.3 is 20.1 Å². The van der Waals surface area contributed by atoms with E-state index in [0.717, 1.165) is 25.7 Å². The summed E-state index contributed by atoms with van der Waals surface area (Å²) >= 11 is 0. The van der Waals surface area contributed by atoms with Gasteiger partial charge in [0, 0.05) is 14.1 Å². The number of hydrogen-bond acceptors (Lipinski definition) is 7. The van der Waals surface area contributed by atoms with Gasteiger partial charge in [-0.2, -0.15) is 15.0 Å². The van der Waals surface area contributed by atoms with Gasteiger partial charge in [-0.1, -0.05) is 12.8 Å². The lowest BCUT2D eigenvalue weighted by molar-refractivity contribution is 0.105. The Kier molecular flexibility index (Phi) is 4.36. The summed E-state index contributed by atoms with van der Waals surface area (Å²) in [7, 11) is 5.16. The number of aliphatic hydroxyl groups is 1. The van der Waals surface area contributed by atoms with Crippen LogP contribution in [0.3, 0.4) is 0 Å². The lowest BCUT2D eigenvalue weighted by Crippen LogP contribution is -2.44. The van der Waals surface area contributed by atoms with Crippen LogP contribution in [0.25, 0.3) is 0 Å². The Bertz CT molecular complexity index is 406. The second kappa shape index (κ2) is 6.01. The van der Waals surface area contributed by atoms with Crippen molar-refractivity contribution < 1.29 is 9.84 Å². The second-order valence-corrected chi connectivity index (χ2v) is 4.73. The Balaban J connectivity index is 2.24. The molecule has 7 heteroatoms. The van der Waals surface area contributed by atoms with Crippen molar-refractivity contribution in [3.05, 3.63) is 0 Å². The lowest BCUT2D eigenvalue weighted by Gasteiger charge is -2.35. The Labute approximate surface area is 113 Å². The van der Waals surface area contributed by atoms with E-state index in [2.05, 4.69) is 20.3 Å². The number of aromatic nitrogens is 3. The summed E-state index contributed by atoms with van der Waals surface area (Å²) in [6, 6.07) is 0.317. The molecule has 0 aliphatic heterocycles. The van der Waals surface area contributed by atoms with Crippen molar-refractivity contribution in [3.63, 3.8) is 0 Å². The molecule has 1 aliphatic carbocycles. The third-order valence-corrected chi connectivity index (χ3v) is 3.52. The van der Waals surface area contributed by atoms with E-state index in [9.17, 15) is 5.11 Å². The fourth-order valence-electron chi connectivity index (χ4n) is 2.40. The molecule has 0 saturated heterocycles. The third-order valence-electron chi connectivity index (χ3n) is 3.52. The molecular formula is C12H21N5O2. The van der Waals surface area contributed by atoms with Gasteiger partial charge in [0.1, 0.15) is 0 Å². The monoisotopic (exact) mass is 267 g/mol. The third kappa shape index (κ3) is 3.04. The zero-order valence-corrected chi connectivity index (χ0v) is 11.6. The van der Waals surface area contributed by atoms with E-state index in [-0.39, 0.29) is 18.2 Å². The molecule has 19 heavy (non-hydrogen) atoms. The van der Waals surface area contributed by atoms with Gasteiger partial charge in [-0.3, -0.25) is 0 Å². The molecule has 2 unspecified atom stereocenters. The highest BCUT2D eigenvalue weighted by Crippen LogP contribution is 2.25. The van der Waals surface area contributed by atoms with Crippen LogP contribution >= 0.6 is 0 Å². The summed E-state index contributed by atoms with van der Waals surface area (Å²) in [6.45, 7) is 0. The molecule has 0 amide bonds. The molecular weight excluding hydrogens is 246 g/mol. The highest BCUT2D eigenvalue weighted by molar-refractivity contribution is 5.38. The second-order valence-electron chi connectivity index (χ2n) is 4.73. The van der Waals surface area contributed by atoms with E-state index < -0.39 is 0 Å². The van der Waals surface area contributed by atoms with Gasteiger partial charge in [0.15, 0.2) is 0 Å². The lowest BCUT2D eigenvalue weighted by atomic mass is 9.92. The Morgan fingerprint density at radius 3 is 2.63 bits per heavy atom. The van der Waals surface area contributed by atoms with E-state index in [1.54, 1.807) is 7.05 Å². The predicted molar refractivity (Wildman–Crippen MR) is 72.6 cm³/mol. The summed E-state index contributed by atoms with van der Waals surface area (Å²) in [5.74, 6) is 0.973. The Hall–Kier alpha value is -1.63. The molecule has 2 rings (SSSR count). The zero-order valence-electron chi connectivity index (χ0n) is 11.6. The molecule has 1 heterocycles. The number of likely N-dealkylation sites (N-methyl/N-ethyl adjacent to an activating group) is 1. The first kappa shape index (κ1) is 13.8. The molecule has 2 atom stereocenters. The molecule has 7 nitrogen and oxygen atoms in total. The van der Waals surface area contributed by atoms with Gasteiger partial charge in [0.25, 0.3) is 0 Å². The largest absolute Gasteiger partial charge is 0.467 e. The van der Waals surface area contributed by atoms with Crippen LogP contribution in [0.5, 0.6) is 6.01 Å². The van der Waals surface area contributed by atoms with Crippen LogP contribution < -0.4 is 15.0 Å². The molecule has 0 radical (unpaired) electrons. The molecule has 0 aromatic carbocycles. The number of nitrogens with zero attached hydrogens (tertiary/aromatic N) is 4. The summed E-state index contributed by atoms with van der Waals surface area (Å²) in [6.07, 6.45) is 3.64. The maximum absolute atomic E-state index is 10.1. The van der Waals surface area contributed by atoms with Crippen LogP contribution in [0.1, 0.15) is 25.7 Å². The van der Waals surface area contributed by atoms with Crippen molar-refractivity contribution in [1.82, 2.24) is 15.0 Å². The molecule has 0 spiro atoms. The van der Waals surface area contributed by atoms with E-state index in [4.69, 9.17) is 4.74 Å². The maximum atomic E-state index is 10.1. The quantitative estimate of drug-likeness (QED) is 0.829. The number of anilines is 2. The molecule has 2 N–H and O–H groups in total. The molecule has 1 fully saturated rings. The maximum Gasteiger partial charge on any atom is 0.322 e. The summed E-state index contributed by atoms with van der Waals surface area (Å²) in [4.78, 5) is 14.5. The van der Waals surface area contributed by atoms with Crippen LogP contribution in [-0.4, -0.2) is 53.4 Å². The van der Waals surface area contributed by atoms with Gasteiger partial charge in [-0.25, -0.2) is 0 Å². The molecule has 1 aromatic heterocycles. The Morgan fingerprint density at radius 2 is 2.00 bits per heavy atom. The van der Waals surface area contributed by atoms with Crippen molar-refractivity contribution in [3.8, 4) is 6.01 Å². The van der Waals surface area contributed by atoms with Crippen LogP contribution in [0.2, 0.25) is 0 Å². The van der Waals surface area contributed by atoms with Crippen molar-refractivity contribution in [1.29, 1.82) is 0 Å². The summed E-state index contributed by atoms with van der Waals surface area (Å²) in [5.41, 5.74) is 0. The average Bonchev–Trinajstić information content (AvgIpc) is 2.46. The SMILES string of the molecule is CNc1nc(OC)nc(N(C)C2CCCCC2O)n1. The number of methoxy groups -OCH3 is 1. The van der Waals surface area contributed by atoms with Crippen LogP contribution in [0.4, 0.5) is 11.9 Å². The van der Waals surface area contributed by atoms with Gasteiger partial charge in [0.05, 0.1) is 19.3 Å². The van der Waals surface area contributed by atoms with Gasteiger partial charge in [-0.05, 0) is 12.8 Å². The summed E-state index contributed by atoms with van der Waals surface area (Å²) in [5, 5.41) is 13.0. The smallest absolute Gasteiger partial charge is 0.322 e.